The van der Waals surface area contributed by atoms with Gasteiger partial charge in [-0.3, -0.25) is 10.1 Å². The van der Waals surface area contributed by atoms with E-state index in [0.717, 1.165) is 29.8 Å². The first kappa shape index (κ1) is 14.8. The normalized spacial score (nSPS) is 11.3. The number of thioether (sulfide) groups is 1. The van der Waals surface area contributed by atoms with Crippen LogP contribution in [0.25, 0.3) is 0 Å². The molecular formula is C10H16N4O2S2. The second-order valence-corrected chi connectivity index (χ2v) is 5.29. The summed E-state index contributed by atoms with van der Waals surface area (Å²) in [6, 6.07) is 0. The monoisotopic (exact) mass is 288 g/mol. The second kappa shape index (κ2) is 8.76. The van der Waals surface area contributed by atoms with Crippen LogP contribution < -0.4 is 10.6 Å². The van der Waals surface area contributed by atoms with E-state index < -0.39 is 4.92 Å². The molecule has 0 atom stereocenters. The fraction of sp³-hybridized carbons (Fsp3) is 0.500. The smallest absolute Gasteiger partial charge is 0.274 e. The first-order valence-electron chi connectivity index (χ1n) is 5.44. The van der Waals surface area contributed by atoms with Crippen LogP contribution in [0, 0.1) is 10.1 Å². The number of hydrogen-bond acceptors (Lipinski definition) is 7. The average Bonchev–Trinajstić information content (AvgIpc) is 2.84. The maximum atomic E-state index is 10.3. The van der Waals surface area contributed by atoms with Crippen LogP contribution >= 0.6 is 23.1 Å². The number of hydrogen-bond donors (Lipinski definition) is 2. The van der Waals surface area contributed by atoms with Gasteiger partial charge in [-0.05, 0) is 12.2 Å². The van der Waals surface area contributed by atoms with E-state index in [0.29, 0.717) is 12.4 Å². The predicted molar refractivity (Wildman–Crippen MR) is 75.3 cm³/mol. The quantitative estimate of drug-likeness (QED) is 0.405. The molecule has 1 aromatic heterocycles. The molecule has 0 radical (unpaired) electrons. The SMILES string of the molecule is CN/C(=C/[N+](=O)[O-])NCCSCCc1cscn1. The summed E-state index contributed by atoms with van der Waals surface area (Å²) in [7, 11) is 1.65. The van der Waals surface area contributed by atoms with Crippen LogP contribution in [0.3, 0.4) is 0 Å². The summed E-state index contributed by atoms with van der Waals surface area (Å²) in [6.07, 6.45) is 1.90. The van der Waals surface area contributed by atoms with Crippen LogP contribution in [0.2, 0.25) is 0 Å². The molecule has 0 aromatic carbocycles. The van der Waals surface area contributed by atoms with Gasteiger partial charge >= 0.3 is 0 Å². The standard InChI is InChI=1S/C10H16N4O2S2/c1-11-10(6-14(15)16)12-3-5-17-4-2-9-7-18-8-13-9/h6-8,11-12H,2-5H2,1H3/b10-6-. The summed E-state index contributed by atoms with van der Waals surface area (Å²) in [6.45, 7) is 0.697. The molecule has 0 aliphatic heterocycles. The molecule has 0 saturated heterocycles. The number of nitro groups is 1. The fourth-order valence-electron chi connectivity index (χ4n) is 1.20. The lowest BCUT2D eigenvalue weighted by atomic mass is 10.4. The van der Waals surface area contributed by atoms with Gasteiger partial charge in [0, 0.05) is 24.7 Å². The van der Waals surface area contributed by atoms with Gasteiger partial charge in [0.2, 0.25) is 0 Å². The molecule has 0 spiro atoms. The molecule has 0 bridgehead atoms. The molecule has 2 N–H and O–H groups in total. The number of aromatic nitrogens is 1. The Bertz CT molecular complexity index is 381. The molecule has 0 aliphatic rings. The number of nitrogens with one attached hydrogen (secondary N) is 2. The van der Waals surface area contributed by atoms with Gasteiger partial charge in [0.05, 0.1) is 16.1 Å². The Morgan fingerprint density at radius 1 is 1.67 bits per heavy atom. The zero-order chi connectivity index (χ0) is 13.2. The lowest BCUT2D eigenvalue weighted by Crippen LogP contribution is -2.26. The number of nitrogens with zero attached hydrogens (tertiary/aromatic N) is 2. The van der Waals surface area contributed by atoms with Crippen molar-refractivity contribution in [3.63, 3.8) is 0 Å². The Morgan fingerprint density at radius 3 is 3.11 bits per heavy atom. The molecule has 1 heterocycles. The highest BCUT2D eigenvalue weighted by atomic mass is 32.2. The minimum absolute atomic E-state index is 0.431. The molecular weight excluding hydrogens is 272 g/mol. The zero-order valence-corrected chi connectivity index (χ0v) is 11.7. The Hall–Kier alpha value is -1.28. The van der Waals surface area contributed by atoms with Crippen molar-refractivity contribution < 1.29 is 4.92 Å². The van der Waals surface area contributed by atoms with Gasteiger partial charge in [0.15, 0.2) is 5.82 Å². The van der Waals surface area contributed by atoms with Crippen molar-refractivity contribution in [2.24, 2.45) is 0 Å². The summed E-state index contributed by atoms with van der Waals surface area (Å²) in [5, 5.41) is 18.0. The van der Waals surface area contributed by atoms with Crippen LogP contribution in [0.1, 0.15) is 5.69 Å². The highest BCUT2D eigenvalue weighted by molar-refractivity contribution is 7.99. The summed E-state index contributed by atoms with van der Waals surface area (Å²) < 4.78 is 0. The molecule has 100 valence electrons. The Balaban J connectivity index is 2.06. The van der Waals surface area contributed by atoms with Crippen molar-refractivity contribution in [2.45, 2.75) is 6.42 Å². The molecule has 0 unspecified atom stereocenters. The first-order chi connectivity index (χ1) is 8.72. The summed E-state index contributed by atoms with van der Waals surface area (Å²) in [5.74, 6) is 2.35. The van der Waals surface area contributed by atoms with E-state index >= 15 is 0 Å². The minimum Gasteiger partial charge on any atom is -0.370 e. The highest BCUT2D eigenvalue weighted by Crippen LogP contribution is 2.06. The second-order valence-electron chi connectivity index (χ2n) is 3.35. The van der Waals surface area contributed by atoms with E-state index in [2.05, 4.69) is 21.0 Å². The zero-order valence-electron chi connectivity index (χ0n) is 10.1. The minimum atomic E-state index is -0.478. The predicted octanol–water partition coefficient (Wildman–Crippen LogP) is 1.30. The number of thiazole rings is 1. The summed E-state index contributed by atoms with van der Waals surface area (Å²) in [5.41, 5.74) is 2.97. The van der Waals surface area contributed by atoms with Gasteiger partial charge in [-0.25, -0.2) is 4.98 Å². The molecule has 0 amide bonds. The number of aryl methyl sites for hydroxylation is 1. The maximum absolute atomic E-state index is 10.3. The van der Waals surface area contributed by atoms with Crippen molar-refractivity contribution in [3.8, 4) is 0 Å². The number of rotatable bonds is 9. The van der Waals surface area contributed by atoms with Gasteiger partial charge in [0.1, 0.15) is 0 Å². The Labute approximate surface area is 114 Å². The molecule has 18 heavy (non-hydrogen) atoms. The molecule has 1 aromatic rings. The van der Waals surface area contributed by atoms with E-state index in [9.17, 15) is 10.1 Å². The molecule has 8 heteroatoms. The van der Waals surface area contributed by atoms with Crippen LogP contribution in [0.4, 0.5) is 0 Å². The molecule has 6 nitrogen and oxygen atoms in total. The van der Waals surface area contributed by atoms with E-state index in [-0.39, 0.29) is 0 Å². The van der Waals surface area contributed by atoms with Crippen LogP contribution in [-0.2, 0) is 6.42 Å². The summed E-state index contributed by atoms with van der Waals surface area (Å²) >= 11 is 3.41. The third-order valence-electron chi connectivity index (χ3n) is 2.05. The van der Waals surface area contributed by atoms with Crippen molar-refractivity contribution in [3.05, 3.63) is 38.7 Å². The molecule has 0 saturated carbocycles. The Morgan fingerprint density at radius 2 is 2.50 bits per heavy atom. The van der Waals surface area contributed by atoms with E-state index in [1.807, 2.05) is 5.51 Å². The maximum Gasteiger partial charge on any atom is 0.274 e. The average molecular weight is 288 g/mol. The highest BCUT2D eigenvalue weighted by Gasteiger charge is 1.99. The van der Waals surface area contributed by atoms with Crippen LogP contribution in [0.15, 0.2) is 22.9 Å². The fourth-order valence-corrected chi connectivity index (χ4v) is 2.60. The van der Waals surface area contributed by atoms with Crippen molar-refractivity contribution in [1.29, 1.82) is 0 Å². The molecule has 0 fully saturated rings. The van der Waals surface area contributed by atoms with Gasteiger partial charge in [-0.1, -0.05) is 0 Å². The topological polar surface area (TPSA) is 80.1 Å². The Kier molecular flexibility index (Phi) is 7.19. The third-order valence-corrected chi connectivity index (χ3v) is 3.67. The van der Waals surface area contributed by atoms with Gasteiger partial charge < -0.3 is 10.6 Å². The lowest BCUT2D eigenvalue weighted by molar-refractivity contribution is -0.404. The van der Waals surface area contributed by atoms with Crippen LogP contribution in [0.5, 0.6) is 0 Å². The summed E-state index contributed by atoms with van der Waals surface area (Å²) in [4.78, 5) is 14.0. The van der Waals surface area contributed by atoms with Crippen molar-refractivity contribution in [2.75, 3.05) is 25.1 Å². The lowest BCUT2D eigenvalue weighted by Gasteiger charge is -2.07. The molecule has 1 rings (SSSR count). The van der Waals surface area contributed by atoms with Gasteiger partial charge in [0.25, 0.3) is 6.20 Å². The van der Waals surface area contributed by atoms with Crippen molar-refractivity contribution in [1.82, 2.24) is 15.6 Å². The van der Waals surface area contributed by atoms with E-state index in [1.54, 1.807) is 30.1 Å². The van der Waals surface area contributed by atoms with E-state index in [1.165, 1.54) is 0 Å². The van der Waals surface area contributed by atoms with Crippen molar-refractivity contribution >= 4 is 23.1 Å². The van der Waals surface area contributed by atoms with E-state index in [4.69, 9.17) is 0 Å². The molecule has 0 aliphatic carbocycles. The third kappa shape index (κ3) is 6.45. The first-order valence-corrected chi connectivity index (χ1v) is 7.54. The van der Waals surface area contributed by atoms with Gasteiger partial charge in [-0.15, -0.1) is 11.3 Å². The van der Waals surface area contributed by atoms with Gasteiger partial charge in [-0.2, -0.15) is 11.8 Å². The largest absolute Gasteiger partial charge is 0.370 e. The van der Waals surface area contributed by atoms with Crippen LogP contribution in [-0.4, -0.2) is 35.0 Å².